The van der Waals surface area contributed by atoms with Gasteiger partial charge in [-0.1, -0.05) is 0 Å². The Morgan fingerprint density at radius 3 is 2.60 bits per heavy atom. The van der Waals surface area contributed by atoms with Crippen LogP contribution < -0.4 is 5.73 Å². The molecule has 0 amide bonds. The Hall–Kier alpha value is -0.560. The average molecular weight is 161 g/mol. The first kappa shape index (κ1) is 9.44. The molecule has 5 heteroatoms. The summed E-state index contributed by atoms with van der Waals surface area (Å²) in [4.78, 5) is 10.1. The summed E-state index contributed by atoms with van der Waals surface area (Å²) < 4.78 is 9.88. The molecule has 0 fully saturated rings. The number of rotatable bonds is 2. The summed E-state index contributed by atoms with van der Waals surface area (Å²) in [7, 11) is -0.304. The average Bonchev–Trinajstić information content (AvgIpc) is 1.87. The minimum absolute atomic E-state index is 0.304. The fraction of sp³-hybridized carbons (Fsp3) is 0.600. The number of carbonyl (C=O) groups is 1. The van der Waals surface area contributed by atoms with E-state index in [9.17, 15) is 9.36 Å². The van der Waals surface area contributed by atoms with E-state index in [0.29, 0.717) is 0 Å². The van der Waals surface area contributed by atoms with E-state index in [1.165, 1.54) is 0 Å². The molecule has 0 heterocycles. The van der Waals surface area contributed by atoms with E-state index in [2.05, 4.69) is 5.63 Å². The molecule has 10 heavy (non-hydrogen) atoms. The van der Waals surface area contributed by atoms with E-state index < -0.39 is 17.9 Å². The van der Waals surface area contributed by atoms with Crippen molar-refractivity contribution in [2.24, 2.45) is 11.7 Å². The van der Waals surface area contributed by atoms with Crippen molar-refractivity contribution < 1.29 is 14.5 Å². The van der Waals surface area contributed by atoms with Crippen LogP contribution in [0.15, 0.2) is 0 Å². The Kier molecular flexibility index (Phi) is 4.05. The van der Waals surface area contributed by atoms with Crippen LogP contribution in [-0.4, -0.2) is 17.1 Å². The van der Waals surface area contributed by atoms with E-state index in [4.69, 9.17) is 10.8 Å². The third kappa shape index (κ3) is 2.83. The summed E-state index contributed by atoms with van der Waals surface area (Å²) in [6, 6.07) is -1.01. The van der Waals surface area contributed by atoms with E-state index in [1.54, 1.807) is 6.92 Å². The van der Waals surface area contributed by atoms with Crippen molar-refractivity contribution in [2.75, 3.05) is 0 Å². The molecule has 0 aliphatic rings. The van der Waals surface area contributed by atoms with E-state index in [0.717, 1.165) is 0 Å². The quantitative estimate of drug-likeness (QED) is 0.570. The van der Waals surface area contributed by atoms with E-state index >= 15 is 0 Å². The second-order valence-electron chi connectivity index (χ2n) is 1.87. The zero-order chi connectivity index (χ0) is 8.15. The van der Waals surface area contributed by atoms with Crippen LogP contribution in [0.1, 0.15) is 6.92 Å². The summed E-state index contributed by atoms with van der Waals surface area (Å²) in [6.07, 6.45) is 0. The van der Waals surface area contributed by atoms with Gasteiger partial charge in [0.15, 0.2) is 0 Å². The molecule has 0 radical (unpaired) electrons. The van der Waals surface area contributed by atoms with Gasteiger partial charge in [0.2, 0.25) is 0 Å². The Balaban J connectivity index is 4.16. The summed E-state index contributed by atoms with van der Waals surface area (Å²) in [6.45, 7) is 1.55. The third-order valence-corrected chi connectivity index (χ3v) is 1.59. The predicted octanol–water partition coefficient (Wildman–Crippen LogP) is 0.285. The second-order valence-corrected chi connectivity index (χ2v) is 2.31. The Morgan fingerprint density at radius 1 is 1.80 bits per heavy atom. The third-order valence-electron chi connectivity index (χ3n) is 1.08. The number of carboxylic acid groups (broad SMARTS) is 1. The molecule has 2 atom stereocenters. The molecule has 0 bridgehead atoms. The van der Waals surface area contributed by atoms with Crippen molar-refractivity contribution in [3.05, 3.63) is 0 Å². The van der Waals surface area contributed by atoms with Gasteiger partial charge in [0, 0.05) is 0 Å². The van der Waals surface area contributed by atoms with Gasteiger partial charge in [-0.25, -0.2) is 0 Å². The fourth-order valence-electron chi connectivity index (χ4n) is 0.377. The molecular formula is C5H8NO3P. The number of nitrogens with two attached hydrogens (primary N) is 1. The summed E-state index contributed by atoms with van der Waals surface area (Å²) in [5, 5.41) is 8.31. The zero-order valence-electron chi connectivity index (χ0n) is 5.44. The minimum atomic E-state index is -1.11. The topological polar surface area (TPSA) is 80.4 Å². The number of aliphatic carboxylic acids is 1. The molecule has 0 aromatic heterocycles. The monoisotopic (exact) mass is 161 g/mol. The van der Waals surface area contributed by atoms with Crippen LogP contribution in [-0.2, 0) is 9.36 Å². The normalized spacial score (nSPS) is 15.0. The van der Waals surface area contributed by atoms with Gasteiger partial charge in [-0.05, 0) is 0 Å². The first-order valence-corrected chi connectivity index (χ1v) is 3.47. The molecule has 3 N–H and O–H groups in total. The van der Waals surface area contributed by atoms with Gasteiger partial charge in [0.25, 0.3) is 0 Å². The maximum atomic E-state index is 10.1. The van der Waals surface area contributed by atoms with Gasteiger partial charge < -0.3 is 0 Å². The first-order chi connectivity index (χ1) is 4.59. The summed E-state index contributed by atoms with van der Waals surface area (Å²) >= 11 is 0. The van der Waals surface area contributed by atoms with Crippen molar-refractivity contribution in [1.29, 1.82) is 0 Å². The Morgan fingerprint density at radius 2 is 2.30 bits per heavy atom. The van der Waals surface area contributed by atoms with Gasteiger partial charge in [0.1, 0.15) is 0 Å². The van der Waals surface area contributed by atoms with Crippen LogP contribution in [0.5, 0.6) is 0 Å². The number of carboxylic acids is 1. The van der Waals surface area contributed by atoms with Gasteiger partial charge >= 0.3 is 58.6 Å². The molecular weight excluding hydrogens is 153 g/mol. The molecule has 0 spiro atoms. The van der Waals surface area contributed by atoms with Crippen molar-refractivity contribution in [2.45, 2.75) is 13.0 Å². The van der Waals surface area contributed by atoms with Crippen LogP contribution in [0, 0.1) is 11.5 Å². The van der Waals surface area contributed by atoms with E-state index in [-0.39, 0.29) is 7.92 Å². The van der Waals surface area contributed by atoms with Crippen molar-refractivity contribution >= 4 is 13.9 Å². The molecule has 0 aromatic carbocycles. The molecule has 1 unspecified atom stereocenters. The van der Waals surface area contributed by atoms with Crippen LogP contribution in [0.3, 0.4) is 0 Å². The van der Waals surface area contributed by atoms with E-state index in [1.807, 2.05) is 0 Å². The van der Waals surface area contributed by atoms with Gasteiger partial charge in [-0.3, -0.25) is 0 Å². The van der Waals surface area contributed by atoms with Crippen molar-refractivity contribution in [1.82, 2.24) is 0 Å². The summed E-state index contributed by atoms with van der Waals surface area (Å²) in [5.41, 5.74) is 7.48. The second kappa shape index (κ2) is 4.29. The molecule has 56 valence electrons. The maximum absolute atomic E-state index is 10.1. The van der Waals surface area contributed by atoms with Gasteiger partial charge in [0.05, 0.1) is 0 Å². The van der Waals surface area contributed by atoms with Crippen LogP contribution in [0.4, 0.5) is 0 Å². The molecule has 0 saturated heterocycles. The molecule has 0 rings (SSSR count). The van der Waals surface area contributed by atoms with Gasteiger partial charge in [-0.2, -0.15) is 0 Å². The van der Waals surface area contributed by atoms with Crippen molar-refractivity contribution in [3.63, 3.8) is 0 Å². The SMILES string of the molecule is CC(C#P=O)[C@@H](N)C(=O)O. The standard InChI is InChI=1S/C5H8NO3P/c1-3(2-10-9)4(6)5(7)8/h3-4H,6H2,1H3,(H,7,8)/t3?,4-/m1/s1. The fourth-order valence-corrected chi connectivity index (χ4v) is 0.704. The predicted molar refractivity (Wildman–Crippen MR) is 36.3 cm³/mol. The van der Waals surface area contributed by atoms with Crippen LogP contribution in [0.2, 0.25) is 0 Å². The molecule has 0 aliphatic heterocycles. The molecule has 0 saturated carbocycles. The van der Waals surface area contributed by atoms with Gasteiger partial charge in [-0.15, -0.1) is 0 Å². The number of hydrogen-bond donors (Lipinski definition) is 2. The Labute approximate surface area is 59.5 Å². The molecule has 0 aliphatic carbocycles. The Bertz CT molecular complexity index is 220. The van der Waals surface area contributed by atoms with Crippen LogP contribution >= 0.6 is 7.92 Å². The zero-order valence-corrected chi connectivity index (χ0v) is 6.34. The van der Waals surface area contributed by atoms with Crippen LogP contribution in [0.25, 0.3) is 0 Å². The van der Waals surface area contributed by atoms with Crippen molar-refractivity contribution in [3.8, 4) is 5.63 Å². The first-order valence-electron chi connectivity index (χ1n) is 2.66. The summed E-state index contributed by atoms with van der Waals surface area (Å²) in [5.74, 6) is -1.60. The number of hydrogen-bond acceptors (Lipinski definition) is 3. The molecule has 0 aromatic rings. The molecule has 4 nitrogen and oxygen atoms in total.